The van der Waals surface area contributed by atoms with Gasteiger partial charge in [-0.05, 0) is 31.0 Å². The van der Waals surface area contributed by atoms with Crippen molar-refractivity contribution in [1.29, 1.82) is 0 Å². The second kappa shape index (κ2) is 6.83. The number of aryl methyl sites for hydroxylation is 1. The lowest BCUT2D eigenvalue weighted by molar-refractivity contribution is -0.0168. The molecule has 1 fully saturated rings. The van der Waals surface area contributed by atoms with Crippen LogP contribution in [0.3, 0.4) is 0 Å². The summed E-state index contributed by atoms with van der Waals surface area (Å²) >= 11 is 0. The van der Waals surface area contributed by atoms with Crippen molar-refractivity contribution in [2.75, 3.05) is 33.4 Å². The summed E-state index contributed by atoms with van der Waals surface area (Å²) in [5.74, 6) is -0.713. The monoisotopic (exact) mass is 317 g/mol. The predicted molar refractivity (Wildman–Crippen MR) is 76.1 cm³/mol. The Kier molecular flexibility index (Phi) is 5.32. The van der Waals surface area contributed by atoms with E-state index in [1.54, 1.807) is 20.1 Å². The van der Waals surface area contributed by atoms with E-state index < -0.39 is 15.8 Å². The van der Waals surface area contributed by atoms with E-state index in [1.165, 1.54) is 16.4 Å². The van der Waals surface area contributed by atoms with Gasteiger partial charge in [-0.25, -0.2) is 12.8 Å². The molecular formula is C14H20FNO4S. The summed E-state index contributed by atoms with van der Waals surface area (Å²) in [6, 6.07) is 4.15. The number of hydrogen-bond acceptors (Lipinski definition) is 4. The third-order valence-corrected chi connectivity index (χ3v) is 5.35. The van der Waals surface area contributed by atoms with Gasteiger partial charge in [0, 0.05) is 26.8 Å². The Hall–Kier alpha value is -1.02. The molecule has 1 saturated heterocycles. The third-order valence-electron chi connectivity index (χ3n) is 3.45. The Labute approximate surface area is 124 Å². The zero-order chi connectivity index (χ0) is 15.5. The molecule has 2 rings (SSSR count). The van der Waals surface area contributed by atoms with Gasteiger partial charge in [-0.3, -0.25) is 0 Å². The molecule has 5 nitrogen and oxygen atoms in total. The minimum atomic E-state index is -3.83. The van der Waals surface area contributed by atoms with E-state index >= 15 is 0 Å². The lowest BCUT2D eigenvalue weighted by Crippen LogP contribution is -2.46. The van der Waals surface area contributed by atoms with Gasteiger partial charge in [-0.1, -0.05) is 6.07 Å². The lowest BCUT2D eigenvalue weighted by Gasteiger charge is -2.32. The number of methoxy groups -OCH3 is 1. The largest absolute Gasteiger partial charge is 0.385 e. The first-order valence-corrected chi connectivity index (χ1v) is 8.26. The van der Waals surface area contributed by atoms with Gasteiger partial charge in [-0.15, -0.1) is 0 Å². The van der Waals surface area contributed by atoms with Gasteiger partial charge in [0.25, 0.3) is 0 Å². The Morgan fingerprint density at radius 3 is 2.90 bits per heavy atom. The molecule has 118 valence electrons. The maximum Gasteiger partial charge on any atom is 0.246 e. The summed E-state index contributed by atoms with van der Waals surface area (Å²) < 4.78 is 50.8. The van der Waals surface area contributed by atoms with Crippen molar-refractivity contribution in [2.24, 2.45) is 0 Å². The van der Waals surface area contributed by atoms with Gasteiger partial charge in [0.05, 0.1) is 12.7 Å². The molecular weight excluding hydrogens is 297 g/mol. The molecule has 0 saturated carbocycles. The molecule has 0 bridgehead atoms. The third kappa shape index (κ3) is 3.79. The first-order valence-electron chi connectivity index (χ1n) is 6.82. The Morgan fingerprint density at radius 2 is 2.24 bits per heavy atom. The number of benzene rings is 1. The van der Waals surface area contributed by atoms with Crippen LogP contribution in [0.2, 0.25) is 0 Å². The van der Waals surface area contributed by atoms with Crippen molar-refractivity contribution in [3.8, 4) is 0 Å². The summed E-state index contributed by atoms with van der Waals surface area (Å²) in [6.45, 7) is 2.98. The van der Waals surface area contributed by atoms with Crippen LogP contribution in [0.25, 0.3) is 0 Å². The fraction of sp³-hybridized carbons (Fsp3) is 0.571. The van der Waals surface area contributed by atoms with Crippen molar-refractivity contribution in [3.05, 3.63) is 29.6 Å². The van der Waals surface area contributed by atoms with Crippen LogP contribution in [0, 0.1) is 12.7 Å². The van der Waals surface area contributed by atoms with Crippen LogP contribution in [0.4, 0.5) is 4.39 Å². The van der Waals surface area contributed by atoms with Crippen molar-refractivity contribution >= 4 is 10.0 Å². The Balaban J connectivity index is 2.18. The molecule has 1 unspecified atom stereocenters. The molecule has 1 aliphatic rings. The number of hydrogen-bond donors (Lipinski definition) is 0. The summed E-state index contributed by atoms with van der Waals surface area (Å²) in [4.78, 5) is -0.277. The average molecular weight is 317 g/mol. The van der Waals surface area contributed by atoms with Crippen LogP contribution in [-0.4, -0.2) is 52.2 Å². The first-order chi connectivity index (χ1) is 9.95. The van der Waals surface area contributed by atoms with Gasteiger partial charge in [0.2, 0.25) is 10.0 Å². The molecule has 0 spiro atoms. The van der Waals surface area contributed by atoms with E-state index in [2.05, 4.69) is 0 Å². The average Bonchev–Trinajstić information content (AvgIpc) is 2.45. The topological polar surface area (TPSA) is 55.8 Å². The smallest absolute Gasteiger partial charge is 0.246 e. The van der Waals surface area contributed by atoms with E-state index in [0.29, 0.717) is 25.2 Å². The molecule has 0 radical (unpaired) electrons. The molecule has 1 aliphatic heterocycles. The number of halogens is 1. The fourth-order valence-corrected chi connectivity index (χ4v) is 3.79. The molecule has 1 aromatic rings. The van der Waals surface area contributed by atoms with E-state index in [-0.39, 0.29) is 24.1 Å². The normalized spacial score (nSPS) is 20.6. The molecule has 7 heteroatoms. The van der Waals surface area contributed by atoms with Crippen molar-refractivity contribution in [1.82, 2.24) is 4.31 Å². The van der Waals surface area contributed by atoms with Gasteiger partial charge in [-0.2, -0.15) is 4.31 Å². The van der Waals surface area contributed by atoms with Crippen LogP contribution in [-0.2, 0) is 19.5 Å². The molecule has 1 aromatic carbocycles. The molecule has 0 aromatic heterocycles. The highest BCUT2D eigenvalue weighted by atomic mass is 32.2. The molecule has 21 heavy (non-hydrogen) atoms. The van der Waals surface area contributed by atoms with Crippen LogP contribution in [0.5, 0.6) is 0 Å². The molecule has 1 heterocycles. The summed E-state index contributed by atoms with van der Waals surface area (Å²) in [5, 5.41) is 0. The fourth-order valence-electron chi connectivity index (χ4n) is 2.29. The zero-order valence-corrected chi connectivity index (χ0v) is 13.0. The summed E-state index contributed by atoms with van der Waals surface area (Å²) in [6.07, 6.45) is 0.390. The predicted octanol–water partition coefficient (Wildman–Crippen LogP) is 1.56. The summed E-state index contributed by atoms with van der Waals surface area (Å²) in [7, 11) is -2.25. The highest BCUT2D eigenvalue weighted by molar-refractivity contribution is 7.89. The van der Waals surface area contributed by atoms with E-state index in [1.807, 2.05) is 0 Å². The SMILES string of the molecule is COCCC1CN(S(=O)(=O)c2ccc(C)cc2F)CCO1. The van der Waals surface area contributed by atoms with Crippen LogP contribution < -0.4 is 0 Å². The molecule has 1 atom stereocenters. The van der Waals surface area contributed by atoms with Gasteiger partial charge in [0.15, 0.2) is 0 Å². The Bertz CT molecular complexity index is 591. The number of sulfonamides is 1. The van der Waals surface area contributed by atoms with E-state index in [0.717, 1.165) is 0 Å². The maximum absolute atomic E-state index is 13.9. The maximum atomic E-state index is 13.9. The Morgan fingerprint density at radius 1 is 1.48 bits per heavy atom. The minimum absolute atomic E-state index is 0.220. The quantitative estimate of drug-likeness (QED) is 0.827. The number of rotatable bonds is 5. The van der Waals surface area contributed by atoms with Gasteiger partial charge in [0.1, 0.15) is 10.7 Å². The van der Waals surface area contributed by atoms with Crippen molar-refractivity contribution in [3.63, 3.8) is 0 Å². The van der Waals surface area contributed by atoms with Crippen molar-refractivity contribution < 1.29 is 22.3 Å². The lowest BCUT2D eigenvalue weighted by atomic mass is 10.2. The second-order valence-corrected chi connectivity index (χ2v) is 6.98. The second-order valence-electron chi connectivity index (χ2n) is 5.07. The zero-order valence-electron chi connectivity index (χ0n) is 12.2. The first kappa shape index (κ1) is 16.4. The van der Waals surface area contributed by atoms with Crippen LogP contribution in [0.15, 0.2) is 23.1 Å². The molecule has 0 aliphatic carbocycles. The molecule has 0 amide bonds. The summed E-state index contributed by atoms with van der Waals surface area (Å²) in [5.41, 5.74) is 0.686. The minimum Gasteiger partial charge on any atom is -0.385 e. The van der Waals surface area contributed by atoms with Crippen LogP contribution in [0.1, 0.15) is 12.0 Å². The van der Waals surface area contributed by atoms with Gasteiger partial charge < -0.3 is 9.47 Å². The van der Waals surface area contributed by atoms with E-state index in [9.17, 15) is 12.8 Å². The number of ether oxygens (including phenoxy) is 2. The standard InChI is InChI=1S/C14H20FNO4S/c1-11-3-4-14(13(15)9-11)21(17,18)16-6-8-20-12(10-16)5-7-19-2/h3-4,9,12H,5-8,10H2,1-2H3. The molecule has 0 N–H and O–H groups in total. The van der Waals surface area contributed by atoms with Gasteiger partial charge >= 0.3 is 0 Å². The number of morpholine rings is 1. The van der Waals surface area contributed by atoms with E-state index in [4.69, 9.17) is 9.47 Å². The highest BCUT2D eigenvalue weighted by Crippen LogP contribution is 2.23. The van der Waals surface area contributed by atoms with Crippen LogP contribution >= 0.6 is 0 Å². The van der Waals surface area contributed by atoms with Crippen molar-refractivity contribution in [2.45, 2.75) is 24.3 Å². The number of nitrogens with zero attached hydrogens (tertiary/aromatic N) is 1. The highest BCUT2D eigenvalue weighted by Gasteiger charge is 2.32.